The molecule has 2 aromatic carbocycles. The zero-order valence-corrected chi connectivity index (χ0v) is 12.5. The van der Waals surface area contributed by atoms with Gasteiger partial charge in [0.05, 0.1) is 10.6 Å². The van der Waals surface area contributed by atoms with Crippen molar-refractivity contribution in [2.24, 2.45) is 0 Å². The van der Waals surface area contributed by atoms with Crippen LogP contribution in [0.1, 0.15) is 10.4 Å². The van der Waals surface area contributed by atoms with E-state index in [2.05, 4.69) is 9.97 Å². The van der Waals surface area contributed by atoms with Crippen molar-refractivity contribution < 1.29 is 14.6 Å². The number of carboxylic acids is 1. The van der Waals surface area contributed by atoms with Crippen LogP contribution in [0.15, 0.2) is 42.6 Å². The Morgan fingerprint density at radius 1 is 1.09 bits per heavy atom. The highest BCUT2D eigenvalue weighted by Crippen LogP contribution is 2.36. The molecule has 1 heterocycles. The maximum atomic E-state index is 11.2. The lowest BCUT2D eigenvalue weighted by molar-refractivity contribution is 0.0699. The molecule has 0 aliphatic heterocycles. The van der Waals surface area contributed by atoms with Crippen molar-refractivity contribution in [3.05, 3.63) is 58.5 Å². The molecule has 0 saturated heterocycles. The molecule has 110 valence electrons. The maximum absolute atomic E-state index is 11.2. The zero-order valence-electron chi connectivity index (χ0n) is 11.0. The Morgan fingerprint density at radius 3 is 2.64 bits per heavy atom. The number of rotatable bonds is 3. The van der Waals surface area contributed by atoms with Crippen LogP contribution in [0.2, 0.25) is 10.3 Å². The van der Waals surface area contributed by atoms with E-state index in [0.29, 0.717) is 21.5 Å². The molecule has 7 heteroatoms. The molecule has 0 bridgehead atoms. The smallest absolute Gasteiger partial charge is 0.336 e. The second-order valence-corrected chi connectivity index (χ2v) is 5.07. The molecule has 0 radical (unpaired) electrons. The van der Waals surface area contributed by atoms with E-state index in [1.54, 1.807) is 30.3 Å². The van der Waals surface area contributed by atoms with E-state index in [4.69, 9.17) is 27.9 Å². The molecular weight excluding hydrogens is 327 g/mol. The Bertz CT molecular complexity index is 884. The fraction of sp³-hybridized carbons (Fsp3) is 0. The largest absolute Gasteiger partial charge is 0.478 e. The Balaban J connectivity index is 2.09. The van der Waals surface area contributed by atoms with Gasteiger partial charge >= 0.3 is 5.97 Å². The number of aromatic nitrogens is 2. The molecule has 0 saturated carbocycles. The quantitative estimate of drug-likeness (QED) is 0.717. The van der Waals surface area contributed by atoms with Gasteiger partial charge in [0.15, 0.2) is 0 Å². The van der Waals surface area contributed by atoms with Gasteiger partial charge in [0.25, 0.3) is 0 Å². The summed E-state index contributed by atoms with van der Waals surface area (Å²) in [6.45, 7) is 0. The SMILES string of the molecule is O=C(O)c1cccc2c(Cl)c(Oc3ccnc(Cl)n3)ccc12. The van der Waals surface area contributed by atoms with E-state index in [9.17, 15) is 9.90 Å². The van der Waals surface area contributed by atoms with Crippen molar-refractivity contribution >= 4 is 39.9 Å². The van der Waals surface area contributed by atoms with Crippen LogP contribution in [-0.2, 0) is 0 Å². The Morgan fingerprint density at radius 2 is 1.91 bits per heavy atom. The van der Waals surface area contributed by atoms with Crippen molar-refractivity contribution in [1.82, 2.24) is 9.97 Å². The number of carbonyl (C=O) groups is 1. The summed E-state index contributed by atoms with van der Waals surface area (Å²) in [7, 11) is 0. The van der Waals surface area contributed by atoms with Gasteiger partial charge in [0.2, 0.25) is 11.2 Å². The molecule has 0 unspecified atom stereocenters. The lowest BCUT2D eigenvalue weighted by Gasteiger charge is -2.10. The summed E-state index contributed by atoms with van der Waals surface area (Å²) in [5.41, 5.74) is 0.177. The van der Waals surface area contributed by atoms with E-state index in [-0.39, 0.29) is 16.7 Å². The summed E-state index contributed by atoms with van der Waals surface area (Å²) in [4.78, 5) is 18.9. The second kappa shape index (κ2) is 5.79. The van der Waals surface area contributed by atoms with Gasteiger partial charge in [-0.2, -0.15) is 4.98 Å². The van der Waals surface area contributed by atoms with Gasteiger partial charge in [-0.05, 0) is 35.2 Å². The predicted octanol–water partition coefficient (Wildman–Crippen LogP) is 4.43. The molecule has 0 aliphatic carbocycles. The van der Waals surface area contributed by atoms with Crippen LogP contribution >= 0.6 is 23.2 Å². The predicted molar refractivity (Wildman–Crippen MR) is 83.0 cm³/mol. The summed E-state index contributed by atoms with van der Waals surface area (Å²) in [5, 5.41) is 10.7. The fourth-order valence-electron chi connectivity index (χ4n) is 2.06. The van der Waals surface area contributed by atoms with Gasteiger partial charge < -0.3 is 9.84 Å². The van der Waals surface area contributed by atoms with E-state index in [1.807, 2.05) is 0 Å². The molecule has 3 rings (SSSR count). The zero-order chi connectivity index (χ0) is 15.7. The molecule has 0 spiro atoms. The van der Waals surface area contributed by atoms with Gasteiger partial charge in [-0.15, -0.1) is 0 Å². The number of carboxylic acid groups (broad SMARTS) is 1. The minimum Gasteiger partial charge on any atom is -0.478 e. The number of ether oxygens (including phenoxy) is 1. The number of halogens is 2. The first-order valence-electron chi connectivity index (χ1n) is 6.17. The van der Waals surface area contributed by atoms with Crippen LogP contribution in [0.25, 0.3) is 10.8 Å². The van der Waals surface area contributed by atoms with Gasteiger partial charge in [0.1, 0.15) is 5.75 Å². The van der Waals surface area contributed by atoms with E-state index < -0.39 is 5.97 Å². The van der Waals surface area contributed by atoms with E-state index >= 15 is 0 Å². The summed E-state index contributed by atoms with van der Waals surface area (Å²) < 4.78 is 5.58. The highest BCUT2D eigenvalue weighted by molar-refractivity contribution is 6.37. The summed E-state index contributed by atoms with van der Waals surface area (Å²) in [6.07, 6.45) is 1.46. The minimum atomic E-state index is -1.02. The monoisotopic (exact) mass is 334 g/mol. The molecular formula is C15H8Cl2N2O3. The lowest BCUT2D eigenvalue weighted by atomic mass is 10.0. The minimum absolute atomic E-state index is 0.0579. The molecule has 0 aliphatic rings. The Kier molecular flexibility index (Phi) is 3.83. The number of hydrogen-bond donors (Lipinski definition) is 1. The average molecular weight is 335 g/mol. The molecule has 3 aromatic rings. The van der Waals surface area contributed by atoms with Crippen LogP contribution in [0.5, 0.6) is 11.6 Å². The number of nitrogens with zero attached hydrogens (tertiary/aromatic N) is 2. The number of hydrogen-bond acceptors (Lipinski definition) is 4. The fourth-order valence-corrected chi connectivity index (χ4v) is 2.46. The highest BCUT2D eigenvalue weighted by atomic mass is 35.5. The summed E-state index contributed by atoms with van der Waals surface area (Å²) in [6, 6.07) is 9.65. The molecule has 0 amide bonds. The topological polar surface area (TPSA) is 72.3 Å². The summed E-state index contributed by atoms with van der Waals surface area (Å²) >= 11 is 12.0. The average Bonchev–Trinajstić information content (AvgIpc) is 2.49. The van der Waals surface area contributed by atoms with Crippen LogP contribution in [-0.4, -0.2) is 21.0 Å². The maximum Gasteiger partial charge on any atom is 0.336 e. The van der Waals surface area contributed by atoms with Crippen molar-refractivity contribution in [2.45, 2.75) is 0 Å². The Labute approximate surface area is 135 Å². The van der Waals surface area contributed by atoms with E-state index in [0.717, 1.165) is 0 Å². The van der Waals surface area contributed by atoms with Crippen molar-refractivity contribution in [3.63, 3.8) is 0 Å². The Hall–Kier alpha value is -2.37. The van der Waals surface area contributed by atoms with Crippen molar-refractivity contribution in [3.8, 4) is 11.6 Å². The van der Waals surface area contributed by atoms with E-state index in [1.165, 1.54) is 12.3 Å². The third-order valence-corrected chi connectivity index (χ3v) is 3.58. The van der Waals surface area contributed by atoms with Crippen LogP contribution in [0, 0.1) is 0 Å². The third kappa shape index (κ3) is 2.68. The van der Waals surface area contributed by atoms with Gasteiger partial charge in [-0.3, -0.25) is 0 Å². The highest BCUT2D eigenvalue weighted by Gasteiger charge is 2.13. The molecule has 1 N–H and O–H groups in total. The van der Waals surface area contributed by atoms with Gasteiger partial charge in [0, 0.05) is 17.6 Å². The molecule has 22 heavy (non-hydrogen) atoms. The molecule has 0 atom stereocenters. The normalized spacial score (nSPS) is 10.6. The van der Waals surface area contributed by atoms with Crippen molar-refractivity contribution in [1.29, 1.82) is 0 Å². The van der Waals surface area contributed by atoms with Gasteiger partial charge in [-0.1, -0.05) is 23.7 Å². The number of benzene rings is 2. The third-order valence-electron chi connectivity index (χ3n) is 3.01. The lowest BCUT2D eigenvalue weighted by Crippen LogP contribution is -1.98. The number of fused-ring (bicyclic) bond motifs is 1. The van der Waals surface area contributed by atoms with Crippen LogP contribution < -0.4 is 4.74 Å². The first-order valence-corrected chi connectivity index (χ1v) is 6.93. The number of aromatic carboxylic acids is 1. The van der Waals surface area contributed by atoms with Crippen LogP contribution in [0.3, 0.4) is 0 Å². The molecule has 5 nitrogen and oxygen atoms in total. The molecule has 0 fully saturated rings. The summed E-state index contributed by atoms with van der Waals surface area (Å²) in [5.74, 6) is -0.417. The van der Waals surface area contributed by atoms with Crippen LogP contribution in [0.4, 0.5) is 0 Å². The van der Waals surface area contributed by atoms with Crippen molar-refractivity contribution in [2.75, 3.05) is 0 Å². The molecule has 1 aromatic heterocycles. The first-order chi connectivity index (χ1) is 10.6. The van der Waals surface area contributed by atoms with Gasteiger partial charge in [-0.25, -0.2) is 9.78 Å². The standard InChI is InChI=1S/C15H8Cl2N2O3/c16-13-9-2-1-3-10(14(20)21)8(9)4-5-11(13)22-12-6-7-18-15(17)19-12/h1-7H,(H,20,21). The first kappa shape index (κ1) is 14.6. The second-order valence-electron chi connectivity index (χ2n) is 4.35.